The highest BCUT2D eigenvalue weighted by atomic mass is 35.5. The van der Waals surface area contributed by atoms with Crippen molar-refractivity contribution in [3.05, 3.63) is 57.9 Å². The van der Waals surface area contributed by atoms with E-state index in [9.17, 15) is 4.79 Å². The molecule has 0 spiro atoms. The van der Waals surface area contributed by atoms with Crippen LogP contribution in [0.4, 0.5) is 5.69 Å². The number of nitrogens with zero attached hydrogens (tertiary/aromatic N) is 2. The van der Waals surface area contributed by atoms with E-state index in [0.717, 1.165) is 46.3 Å². The van der Waals surface area contributed by atoms with Crippen LogP contribution in [0.1, 0.15) is 17.8 Å². The zero-order valence-corrected chi connectivity index (χ0v) is 17.6. The molecule has 29 heavy (non-hydrogen) atoms. The Kier molecular flexibility index (Phi) is 6.02. The van der Waals surface area contributed by atoms with Crippen LogP contribution in [0.25, 0.3) is 11.3 Å². The molecule has 150 valence electrons. The third kappa shape index (κ3) is 4.71. The lowest BCUT2D eigenvalue weighted by Gasteiger charge is -2.29. The van der Waals surface area contributed by atoms with Crippen LogP contribution in [0.3, 0.4) is 0 Å². The average molecular weight is 429 g/mol. The lowest BCUT2D eigenvalue weighted by atomic mass is 10.1. The maximum absolute atomic E-state index is 12.5. The summed E-state index contributed by atoms with van der Waals surface area (Å²) in [5.41, 5.74) is 2.72. The molecule has 0 saturated carbocycles. The minimum atomic E-state index is -0.0253. The van der Waals surface area contributed by atoms with Crippen LogP contribution in [-0.2, 0) is 4.79 Å². The van der Waals surface area contributed by atoms with Crippen molar-refractivity contribution < 1.29 is 14.3 Å². The number of anilines is 1. The van der Waals surface area contributed by atoms with Gasteiger partial charge in [-0.3, -0.25) is 4.79 Å². The molecule has 5 nitrogen and oxygen atoms in total. The van der Waals surface area contributed by atoms with E-state index in [4.69, 9.17) is 21.1 Å². The van der Waals surface area contributed by atoms with Crippen molar-refractivity contribution in [2.24, 2.45) is 0 Å². The second-order valence-electron chi connectivity index (χ2n) is 6.78. The maximum atomic E-state index is 12.5. The van der Waals surface area contributed by atoms with Crippen molar-refractivity contribution in [2.75, 3.05) is 24.7 Å². The molecule has 1 aliphatic heterocycles. The smallest absolute Gasteiger partial charge is 0.265 e. The summed E-state index contributed by atoms with van der Waals surface area (Å²) in [5.74, 6) is 1.51. The molecule has 0 bridgehead atoms. The first-order chi connectivity index (χ1) is 14.1. The first kappa shape index (κ1) is 19.7. The zero-order valence-electron chi connectivity index (χ0n) is 16.1. The fraction of sp³-hybridized carbons (Fsp3) is 0.273. The number of carbonyl (C=O) groups excluding carboxylic acids is 1. The number of rotatable bonds is 7. The van der Waals surface area contributed by atoms with Crippen LogP contribution in [0.5, 0.6) is 11.5 Å². The average Bonchev–Trinajstić information content (AvgIpc) is 3.16. The summed E-state index contributed by atoms with van der Waals surface area (Å²) in [6.07, 6.45) is 1.67. The third-order valence-corrected chi connectivity index (χ3v) is 5.70. The SMILES string of the molecule is Cc1nc(-c2ccc3c(c2)N(CCCCOc2ccc(Cl)cc2)C(=O)CO3)cs1. The number of benzene rings is 2. The van der Waals surface area contributed by atoms with Crippen LogP contribution in [0.2, 0.25) is 5.02 Å². The van der Waals surface area contributed by atoms with E-state index in [2.05, 4.69) is 4.98 Å². The van der Waals surface area contributed by atoms with Gasteiger partial charge in [0.25, 0.3) is 5.91 Å². The monoisotopic (exact) mass is 428 g/mol. The van der Waals surface area contributed by atoms with Gasteiger partial charge in [-0.1, -0.05) is 11.6 Å². The highest BCUT2D eigenvalue weighted by Gasteiger charge is 2.25. The van der Waals surface area contributed by atoms with Gasteiger partial charge in [-0.05, 0) is 62.2 Å². The molecule has 2 heterocycles. The number of hydrogen-bond acceptors (Lipinski definition) is 5. The summed E-state index contributed by atoms with van der Waals surface area (Å²) >= 11 is 7.49. The zero-order chi connectivity index (χ0) is 20.2. The fourth-order valence-corrected chi connectivity index (χ4v) is 3.94. The van der Waals surface area contributed by atoms with Crippen molar-refractivity contribution in [3.8, 4) is 22.8 Å². The molecule has 4 rings (SSSR count). The number of aromatic nitrogens is 1. The number of aryl methyl sites for hydroxylation is 1. The summed E-state index contributed by atoms with van der Waals surface area (Å²) < 4.78 is 11.3. The van der Waals surface area contributed by atoms with Crippen LogP contribution in [0.15, 0.2) is 47.8 Å². The van der Waals surface area contributed by atoms with E-state index in [1.54, 1.807) is 11.3 Å². The Morgan fingerprint density at radius 1 is 1.21 bits per heavy atom. The minimum absolute atomic E-state index is 0.0253. The molecule has 1 amide bonds. The molecule has 0 fully saturated rings. The normalized spacial score (nSPS) is 13.2. The fourth-order valence-electron chi connectivity index (χ4n) is 3.20. The Hall–Kier alpha value is -2.57. The number of halogens is 1. The van der Waals surface area contributed by atoms with Crippen LogP contribution in [-0.4, -0.2) is 30.6 Å². The maximum Gasteiger partial charge on any atom is 0.265 e. The second kappa shape index (κ2) is 8.84. The number of fused-ring (bicyclic) bond motifs is 1. The van der Waals surface area contributed by atoms with E-state index in [1.165, 1.54) is 0 Å². The second-order valence-corrected chi connectivity index (χ2v) is 8.28. The quantitative estimate of drug-likeness (QED) is 0.475. The number of unbranched alkanes of at least 4 members (excludes halogenated alkanes) is 1. The van der Waals surface area contributed by atoms with Crippen molar-refractivity contribution in [3.63, 3.8) is 0 Å². The molecule has 0 saturated heterocycles. The van der Waals surface area contributed by atoms with Crippen LogP contribution in [0, 0.1) is 6.92 Å². The molecule has 0 aliphatic carbocycles. The van der Waals surface area contributed by atoms with Crippen molar-refractivity contribution in [1.82, 2.24) is 4.98 Å². The molecule has 1 aromatic heterocycles. The topological polar surface area (TPSA) is 51.7 Å². The number of hydrogen-bond donors (Lipinski definition) is 0. The van der Waals surface area contributed by atoms with Gasteiger partial charge in [0, 0.05) is 22.5 Å². The molecule has 0 N–H and O–H groups in total. The van der Waals surface area contributed by atoms with Gasteiger partial charge < -0.3 is 14.4 Å². The van der Waals surface area contributed by atoms with Gasteiger partial charge in [0.15, 0.2) is 6.61 Å². The molecule has 0 unspecified atom stereocenters. The summed E-state index contributed by atoms with van der Waals surface area (Å²) in [4.78, 5) is 18.8. The Balaban J connectivity index is 1.38. The Morgan fingerprint density at radius 3 is 2.79 bits per heavy atom. The molecular formula is C22H21ClN2O3S. The molecule has 0 atom stereocenters. The van der Waals surface area contributed by atoms with Crippen LogP contribution >= 0.6 is 22.9 Å². The summed E-state index contributed by atoms with van der Waals surface area (Å²) in [5, 5.41) is 3.73. The molecule has 7 heteroatoms. The van der Waals surface area contributed by atoms with Gasteiger partial charge in [-0.15, -0.1) is 11.3 Å². The molecule has 0 radical (unpaired) electrons. The largest absolute Gasteiger partial charge is 0.494 e. The summed E-state index contributed by atoms with van der Waals surface area (Å²) in [6, 6.07) is 13.2. The third-order valence-electron chi connectivity index (χ3n) is 4.68. The molecule has 1 aliphatic rings. The molecular weight excluding hydrogens is 408 g/mol. The summed E-state index contributed by atoms with van der Waals surface area (Å²) in [6.45, 7) is 3.27. The van der Waals surface area contributed by atoms with Gasteiger partial charge in [-0.2, -0.15) is 0 Å². The highest BCUT2D eigenvalue weighted by molar-refractivity contribution is 7.09. The minimum Gasteiger partial charge on any atom is -0.494 e. The van der Waals surface area contributed by atoms with Gasteiger partial charge in [0.05, 0.1) is 23.0 Å². The first-order valence-corrected chi connectivity index (χ1v) is 10.7. The van der Waals surface area contributed by atoms with Gasteiger partial charge >= 0.3 is 0 Å². The van der Waals surface area contributed by atoms with E-state index in [0.29, 0.717) is 18.2 Å². The number of thiazole rings is 1. The van der Waals surface area contributed by atoms with Crippen molar-refractivity contribution >= 4 is 34.5 Å². The Morgan fingerprint density at radius 2 is 2.03 bits per heavy atom. The molecule has 2 aromatic carbocycles. The number of amides is 1. The van der Waals surface area contributed by atoms with Crippen LogP contribution < -0.4 is 14.4 Å². The van der Waals surface area contributed by atoms with Gasteiger partial charge in [0.1, 0.15) is 11.5 Å². The number of carbonyl (C=O) groups is 1. The summed E-state index contributed by atoms with van der Waals surface area (Å²) in [7, 11) is 0. The Labute approximate surface area is 178 Å². The molecule has 3 aromatic rings. The van der Waals surface area contributed by atoms with Crippen molar-refractivity contribution in [1.29, 1.82) is 0 Å². The highest BCUT2D eigenvalue weighted by Crippen LogP contribution is 2.36. The Bertz CT molecular complexity index is 1000. The lowest BCUT2D eigenvalue weighted by molar-refractivity contribution is -0.121. The predicted octanol–water partition coefficient (Wildman–Crippen LogP) is 5.36. The standard InChI is InChI=1S/C22H21ClN2O3S/c1-15-24-19(14-29-15)16-4-9-21-20(12-16)25(22(26)13-28-21)10-2-3-11-27-18-7-5-17(23)6-8-18/h4-9,12,14H,2-3,10-11,13H2,1H3. The number of ether oxygens (including phenoxy) is 2. The first-order valence-electron chi connectivity index (χ1n) is 9.48. The predicted molar refractivity (Wildman–Crippen MR) is 116 cm³/mol. The lowest BCUT2D eigenvalue weighted by Crippen LogP contribution is -2.39. The van der Waals surface area contributed by atoms with E-state index in [-0.39, 0.29) is 12.5 Å². The van der Waals surface area contributed by atoms with E-state index >= 15 is 0 Å². The van der Waals surface area contributed by atoms with Crippen molar-refractivity contribution in [2.45, 2.75) is 19.8 Å². The van der Waals surface area contributed by atoms with Gasteiger partial charge in [0.2, 0.25) is 0 Å². The van der Waals surface area contributed by atoms with Gasteiger partial charge in [-0.25, -0.2) is 4.98 Å². The van der Waals surface area contributed by atoms with E-state index < -0.39 is 0 Å². The van der Waals surface area contributed by atoms with E-state index in [1.807, 2.05) is 59.7 Å².